The molecule has 142 valence electrons. The molecule has 2 amide bonds. The largest absolute Gasteiger partial charge is 0.493 e. The Morgan fingerprint density at radius 1 is 1.07 bits per heavy atom. The summed E-state index contributed by atoms with van der Waals surface area (Å²) in [5.74, 6) is -1.18. The monoisotopic (exact) mass is 396 g/mol. The van der Waals surface area contributed by atoms with Crippen LogP contribution < -0.4 is 10.5 Å². The molecule has 0 bridgehead atoms. The zero-order valence-electron chi connectivity index (χ0n) is 14.7. The number of carbonyl (C=O) groups is 3. The van der Waals surface area contributed by atoms with Crippen LogP contribution in [0.5, 0.6) is 5.75 Å². The van der Waals surface area contributed by atoms with Crippen molar-refractivity contribution in [1.82, 2.24) is 4.90 Å². The molecular formula is C20H16N2O5S. The fourth-order valence-corrected chi connectivity index (χ4v) is 4.24. The molecule has 4 rings (SSSR count). The maximum Gasteiger partial charge on any atom is 0.348 e. The van der Waals surface area contributed by atoms with Crippen molar-refractivity contribution in [3.8, 4) is 5.75 Å². The van der Waals surface area contributed by atoms with Gasteiger partial charge in [-0.3, -0.25) is 14.5 Å². The Morgan fingerprint density at radius 3 is 2.39 bits per heavy atom. The van der Waals surface area contributed by atoms with Crippen LogP contribution in [-0.2, 0) is 0 Å². The highest BCUT2D eigenvalue weighted by molar-refractivity contribution is 7.21. The van der Waals surface area contributed by atoms with Crippen molar-refractivity contribution in [3.05, 3.63) is 58.5 Å². The number of thiophene rings is 1. The summed E-state index contributed by atoms with van der Waals surface area (Å²) in [6, 6.07) is 12.0. The second-order valence-corrected chi connectivity index (χ2v) is 7.34. The van der Waals surface area contributed by atoms with Crippen molar-refractivity contribution in [2.75, 3.05) is 18.9 Å². The highest BCUT2D eigenvalue weighted by Crippen LogP contribution is 2.39. The van der Waals surface area contributed by atoms with Crippen molar-refractivity contribution >= 4 is 44.9 Å². The number of hydrogen-bond acceptors (Lipinski definition) is 6. The lowest BCUT2D eigenvalue weighted by Crippen LogP contribution is -2.31. The number of ether oxygens (including phenoxy) is 1. The van der Waals surface area contributed by atoms with Gasteiger partial charge in [-0.2, -0.15) is 0 Å². The smallest absolute Gasteiger partial charge is 0.348 e. The summed E-state index contributed by atoms with van der Waals surface area (Å²) in [4.78, 5) is 37.3. The molecule has 2 aromatic carbocycles. The van der Waals surface area contributed by atoms with E-state index >= 15 is 0 Å². The van der Waals surface area contributed by atoms with Gasteiger partial charge in [0.2, 0.25) is 0 Å². The number of nitrogens with two attached hydrogens (primary N) is 1. The fraction of sp³-hybridized carbons (Fsp3) is 0.150. The third-order valence-electron chi connectivity index (χ3n) is 4.57. The zero-order chi connectivity index (χ0) is 19.8. The molecule has 0 radical (unpaired) electrons. The van der Waals surface area contributed by atoms with Crippen molar-refractivity contribution in [2.24, 2.45) is 0 Å². The van der Waals surface area contributed by atoms with Crippen LogP contribution >= 0.6 is 11.3 Å². The van der Waals surface area contributed by atoms with Crippen molar-refractivity contribution < 1.29 is 24.2 Å². The number of rotatable bonds is 6. The zero-order valence-corrected chi connectivity index (χ0v) is 15.5. The summed E-state index contributed by atoms with van der Waals surface area (Å²) in [6.45, 7) is 0.492. The first-order chi connectivity index (χ1) is 13.5. The van der Waals surface area contributed by atoms with Gasteiger partial charge in [0.05, 0.1) is 28.8 Å². The van der Waals surface area contributed by atoms with Gasteiger partial charge in [-0.1, -0.05) is 18.2 Å². The molecule has 28 heavy (non-hydrogen) atoms. The molecule has 0 saturated heterocycles. The minimum Gasteiger partial charge on any atom is -0.493 e. The van der Waals surface area contributed by atoms with Gasteiger partial charge in [-0.25, -0.2) is 4.79 Å². The summed E-state index contributed by atoms with van der Waals surface area (Å²) < 4.78 is 6.51. The van der Waals surface area contributed by atoms with Gasteiger partial charge >= 0.3 is 5.97 Å². The quantitative estimate of drug-likeness (QED) is 0.489. The van der Waals surface area contributed by atoms with Crippen LogP contribution in [0, 0.1) is 0 Å². The molecule has 0 spiro atoms. The standard InChI is InChI=1S/C20H16N2O5S/c21-16-15-13(7-3-8-14(15)28-17(16)20(25)26)27-10-4-9-22-18(23)11-5-1-2-6-12(11)19(22)24/h1-3,5-8H,4,9-10,21H2,(H,25,26). The first-order valence-corrected chi connectivity index (χ1v) is 9.43. The molecule has 3 aromatic rings. The average Bonchev–Trinajstić information content (AvgIpc) is 3.16. The minimum atomic E-state index is -1.07. The van der Waals surface area contributed by atoms with E-state index in [9.17, 15) is 19.5 Å². The number of amides is 2. The molecule has 7 nitrogen and oxygen atoms in total. The Balaban J connectivity index is 1.44. The molecule has 8 heteroatoms. The molecular weight excluding hydrogens is 380 g/mol. The molecule has 1 aliphatic heterocycles. The van der Waals surface area contributed by atoms with Gasteiger partial charge in [-0.15, -0.1) is 11.3 Å². The van der Waals surface area contributed by atoms with E-state index in [2.05, 4.69) is 0 Å². The summed E-state index contributed by atoms with van der Waals surface area (Å²) in [5, 5.41) is 9.81. The molecule has 3 N–H and O–H groups in total. The lowest BCUT2D eigenvalue weighted by Gasteiger charge is -2.14. The van der Waals surface area contributed by atoms with Crippen LogP contribution in [0.2, 0.25) is 0 Å². The van der Waals surface area contributed by atoms with E-state index in [-0.39, 0.29) is 35.5 Å². The van der Waals surface area contributed by atoms with E-state index in [4.69, 9.17) is 10.5 Å². The van der Waals surface area contributed by atoms with Crippen LogP contribution in [0.25, 0.3) is 10.1 Å². The minimum absolute atomic E-state index is 0.0806. The molecule has 2 heterocycles. The third-order valence-corrected chi connectivity index (χ3v) is 5.73. The Kier molecular flexibility index (Phi) is 4.48. The molecule has 1 aliphatic rings. The number of carboxylic acids is 1. The molecule has 0 unspecified atom stereocenters. The number of fused-ring (bicyclic) bond motifs is 2. The molecule has 1 aromatic heterocycles. The predicted octanol–water partition coefficient (Wildman–Crippen LogP) is 3.25. The number of benzene rings is 2. The number of anilines is 1. The number of hydrogen-bond donors (Lipinski definition) is 2. The van der Waals surface area contributed by atoms with Crippen LogP contribution in [0.1, 0.15) is 36.8 Å². The van der Waals surface area contributed by atoms with E-state index in [1.165, 1.54) is 4.90 Å². The summed E-state index contributed by atoms with van der Waals surface area (Å²) in [5.41, 5.74) is 7.01. The van der Waals surface area contributed by atoms with Crippen LogP contribution in [0.15, 0.2) is 42.5 Å². The first-order valence-electron chi connectivity index (χ1n) is 8.61. The summed E-state index contributed by atoms with van der Waals surface area (Å²) in [7, 11) is 0. The number of carboxylic acid groups (broad SMARTS) is 1. The van der Waals surface area contributed by atoms with Crippen molar-refractivity contribution in [2.45, 2.75) is 6.42 Å². The predicted molar refractivity (Wildman–Crippen MR) is 105 cm³/mol. The number of imide groups is 1. The van der Waals surface area contributed by atoms with Gasteiger partial charge in [0.25, 0.3) is 11.8 Å². The Morgan fingerprint density at radius 2 is 1.75 bits per heavy atom. The number of carbonyl (C=O) groups excluding carboxylic acids is 2. The van der Waals surface area contributed by atoms with E-state index in [0.29, 0.717) is 28.7 Å². The Labute approximate surface area is 163 Å². The van der Waals surface area contributed by atoms with Gasteiger partial charge in [0, 0.05) is 11.2 Å². The molecule has 0 fully saturated rings. The van der Waals surface area contributed by atoms with E-state index in [0.717, 1.165) is 16.0 Å². The van der Waals surface area contributed by atoms with Crippen LogP contribution in [0.3, 0.4) is 0 Å². The normalized spacial score (nSPS) is 13.2. The SMILES string of the molecule is Nc1c(C(=O)O)sc2cccc(OCCCN3C(=O)c4ccccc4C3=O)c12. The summed E-state index contributed by atoms with van der Waals surface area (Å²) in [6.07, 6.45) is 0.442. The molecule has 0 aliphatic carbocycles. The maximum atomic E-state index is 12.4. The average molecular weight is 396 g/mol. The lowest BCUT2D eigenvalue weighted by molar-refractivity contribution is 0.0644. The highest BCUT2D eigenvalue weighted by atomic mass is 32.1. The fourth-order valence-electron chi connectivity index (χ4n) is 3.27. The number of aromatic carboxylic acids is 1. The van der Waals surface area contributed by atoms with Crippen molar-refractivity contribution in [1.29, 1.82) is 0 Å². The van der Waals surface area contributed by atoms with Gasteiger partial charge in [-0.05, 0) is 30.7 Å². The second-order valence-electron chi connectivity index (χ2n) is 6.29. The second kappa shape index (κ2) is 6.97. The molecule has 0 saturated carbocycles. The lowest BCUT2D eigenvalue weighted by atomic mass is 10.1. The third kappa shape index (κ3) is 2.87. The Hall–Kier alpha value is -3.39. The van der Waals surface area contributed by atoms with Gasteiger partial charge < -0.3 is 15.6 Å². The number of nitrogens with zero attached hydrogens (tertiary/aromatic N) is 1. The summed E-state index contributed by atoms with van der Waals surface area (Å²) >= 11 is 1.10. The number of nitrogen functional groups attached to an aromatic ring is 1. The first kappa shape index (κ1) is 18.0. The van der Waals surface area contributed by atoms with E-state index in [1.807, 2.05) is 0 Å². The topological polar surface area (TPSA) is 110 Å². The Bertz CT molecular complexity index is 1090. The van der Waals surface area contributed by atoms with Crippen LogP contribution in [-0.4, -0.2) is 40.9 Å². The van der Waals surface area contributed by atoms with Gasteiger partial charge in [0.1, 0.15) is 10.6 Å². The highest BCUT2D eigenvalue weighted by Gasteiger charge is 2.34. The van der Waals surface area contributed by atoms with Crippen LogP contribution in [0.4, 0.5) is 5.69 Å². The van der Waals surface area contributed by atoms with E-state index < -0.39 is 5.97 Å². The van der Waals surface area contributed by atoms with Gasteiger partial charge in [0.15, 0.2) is 0 Å². The molecule has 0 atom stereocenters. The maximum absolute atomic E-state index is 12.4. The van der Waals surface area contributed by atoms with E-state index in [1.54, 1.807) is 42.5 Å². The van der Waals surface area contributed by atoms with Crippen molar-refractivity contribution in [3.63, 3.8) is 0 Å².